The maximum Gasteiger partial charge on any atom is 0.162 e. The fourth-order valence-corrected chi connectivity index (χ4v) is 0.727. The molecule has 0 atom stereocenters. The van der Waals surface area contributed by atoms with Crippen LogP contribution >= 0.6 is 0 Å². The van der Waals surface area contributed by atoms with E-state index in [1.807, 2.05) is 13.8 Å². The molecule has 0 spiro atoms. The van der Waals surface area contributed by atoms with Crippen molar-refractivity contribution in [3.05, 3.63) is 6.92 Å². The lowest BCUT2D eigenvalue weighted by atomic mass is 10.2. The van der Waals surface area contributed by atoms with E-state index in [2.05, 4.69) is 6.92 Å². The quantitative estimate of drug-likeness (QED) is 0.489. The molecule has 1 aliphatic heterocycles. The van der Waals surface area contributed by atoms with Gasteiger partial charge in [0.05, 0.1) is 13.2 Å². The Morgan fingerprint density at radius 2 is 1.78 bits per heavy atom. The highest BCUT2D eigenvalue weighted by Crippen LogP contribution is 2.19. The third-order valence-corrected chi connectivity index (χ3v) is 1.33. The van der Waals surface area contributed by atoms with Crippen molar-refractivity contribution >= 4 is 0 Å². The van der Waals surface area contributed by atoms with Crippen LogP contribution in [0.4, 0.5) is 0 Å². The molecule has 9 heavy (non-hydrogen) atoms. The summed E-state index contributed by atoms with van der Waals surface area (Å²) in [7, 11) is 0. The minimum atomic E-state index is -0.381. The Labute approximate surface area is 56.2 Å². The summed E-state index contributed by atoms with van der Waals surface area (Å²) in [5.74, 6) is -0.0770. The zero-order valence-electron chi connectivity index (χ0n) is 6.02. The molecule has 0 unspecified atom stereocenters. The largest absolute Gasteiger partial charge is 0.350 e. The minimum Gasteiger partial charge on any atom is -0.350 e. The fourth-order valence-electron chi connectivity index (χ4n) is 0.727. The molecule has 0 aromatic heterocycles. The van der Waals surface area contributed by atoms with Gasteiger partial charge in [-0.1, -0.05) is 0 Å². The van der Waals surface area contributed by atoms with Crippen molar-refractivity contribution in [2.75, 3.05) is 13.2 Å². The zero-order valence-corrected chi connectivity index (χ0v) is 6.02. The minimum absolute atomic E-state index is 0.304. The lowest BCUT2D eigenvalue weighted by molar-refractivity contribution is -0.256. The van der Waals surface area contributed by atoms with Gasteiger partial charge in [-0.05, 0) is 20.8 Å². The van der Waals surface area contributed by atoms with Crippen molar-refractivity contribution in [1.82, 2.24) is 0 Å². The van der Waals surface area contributed by atoms with Crippen LogP contribution in [-0.4, -0.2) is 19.0 Å². The van der Waals surface area contributed by atoms with Crippen LogP contribution in [0.15, 0.2) is 0 Å². The number of rotatable bonds is 0. The Kier molecular flexibility index (Phi) is 1.78. The van der Waals surface area contributed by atoms with Crippen LogP contribution in [0.25, 0.3) is 0 Å². The van der Waals surface area contributed by atoms with E-state index in [0.717, 1.165) is 0 Å². The Hall–Kier alpha value is -0.0800. The number of hydrogen-bond donors (Lipinski definition) is 0. The molecular weight excluding hydrogens is 116 g/mol. The van der Waals surface area contributed by atoms with Gasteiger partial charge in [0.25, 0.3) is 0 Å². The molecule has 0 amide bonds. The number of hydrogen-bond acceptors (Lipinski definition) is 2. The molecule has 0 aromatic carbocycles. The summed E-state index contributed by atoms with van der Waals surface area (Å²) in [6.45, 7) is 9.07. The molecule has 0 aromatic rings. The van der Waals surface area contributed by atoms with Crippen LogP contribution in [0.3, 0.4) is 0 Å². The first-order valence-corrected chi connectivity index (χ1v) is 3.21. The lowest BCUT2D eigenvalue weighted by Crippen LogP contribution is -2.38. The molecule has 2 nitrogen and oxygen atoms in total. The maximum atomic E-state index is 5.29. The normalized spacial score (nSPS) is 28.3. The Morgan fingerprint density at radius 1 is 1.33 bits per heavy atom. The molecule has 0 aliphatic carbocycles. The summed E-state index contributed by atoms with van der Waals surface area (Å²) in [5, 5.41) is 0. The van der Waals surface area contributed by atoms with Crippen molar-refractivity contribution in [2.45, 2.75) is 19.6 Å². The van der Waals surface area contributed by atoms with Crippen LogP contribution in [0.1, 0.15) is 13.8 Å². The van der Waals surface area contributed by atoms with E-state index < -0.39 is 0 Å². The third kappa shape index (κ3) is 1.95. The summed E-state index contributed by atoms with van der Waals surface area (Å²) in [4.78, 5) is 0. The highest BCUT2D eigenvalue weighted by atomic mass is 16.7. The van der Waals surface area contributed by atoms with E-state index in [1.165, 1.54) is 0 Å². The fraction of sp³-hybridized carbons (Fsp3) is 0.857. The molecular formula is C7H13O2. The summed E-state index contributed by atoms with van der Waals surface area (Å²) < 4.78 is 10.6. The third-order valence-electron chi connectivity index (χ3n) is 1.33. The first-order valence-electron chi connectivity index (χ1n) is 3.21. The Bertz CT molecular complexity index is 89.1. The van der Waals surface area contributed by atoms with Gasteiger partial charge in [0, 0.05) is 5.92 Å². The molecule has 0 bridgehead atoms. The molecule has 0 saturated carbocycles. The molecule has 1 aliphatic rings. The predicted molar refractivity (Wildman–Crippen MR) is 34.8 cm³/mol. The standard InChI is InChI=1S/C7H13O2/c1-6-4-8-7(2,3)9-5-6/h6H,1,4-5H2,2-3H3. The topological polar surface area (TPSA) is 18.5 Å². The van der Waals surface area contributed by atoms with Gasteiger partial charge in [-0.2, -0.15) is 0 Å². The van der Waals surface area contributed by atoms with Gasteiger partial charge in [-0.15, -0.1) is 0 Å². The van der Waals surface area contributed by atoms with Crippen LogP contribution in [0.5, 0.6) is 0 Å². The molecule has 1 rings (SSSR count). The number of ether oxygens (including phenoxy) is 2. The predicted octanol–water partition coefficient (Wildman–Crippen LogP) is 1.22. The zero-order chi connectivity index (χ0) is 6.91. The highest BCUT2D eigenvalue weighted by Gasteiger charge is 2.25. The van der Waals surface area contributed by atoms with Crippen molar-refractivity contribution in [3.63, 3.8) is 0 Å². The van der Waals surface area contributed by atoms with Gasteiger partial charge >= 0.3 is 0 Å². The average Bonchev–Trinajstić information content (AvgIpc) is 1.78. The Balaban J connectivity index is 2.35. The van der Waals surface area contributed by atoms with E-state index in [0.29, 0.717) is 19.1 Å². The van der Waals surface area contributed by atoms with Crippen molar-refractivity contribution in [2.24, 2.45) is 5.92 Å². The van der Waals surface area contributed by atoms with Crippen LogP contribution < -0.4 is 0 Å². The van der Waals surface area contributed by atoms with Crippen molar-refractivity contribution in [3.8, 4) is 0 Å². The lowest BCUT2D eigenvalue weighted by Gasteiger charge is -2.33. The summed E-state index contributed by atoms with van der Waals surface area (Å²) in [6, 6.07) is 0. The molecule has 1 saturated heterocycles. The van der Waals surface area contributed by atoms with Gasteiger partial charge in [-0.3, -0.25) is 0 Å². The summed E-state index contributed by atoms with van der Waals surface area (Å²) in [6.07, 6.45) is 0. The van der Waals surface area contributed by atoms with Gasteiger partial charge in [-0.25, -0.2) is 0 Å². The maximum absolute atomic E-state index is 5.29. The molecule has 1 radical (unpaired) electrons. The van der Waals surface area contributed by atoms with Crippen molar-refractivity contribution < 1.29 is 9.47 Å². The van der Waals surface area contributed by atoms with Gasteiger partial charge in [0.15, 0.2) is 5.79 Å². The smallest absolute Gasteiger partial charge is 0.162 e. The average molecular weight is 129 g/mol. The summed E-state index contributed by atoms with van der Waals surface area (Å²) >= 11 is 0. The molecule has 53 valence electrons. The van der Waals surface area contributed by atoms with Crippen LogP contribution in [0, 0.1) is 12.8 Å². The van der Waals surface area contributed by atoms with E-state index in [9.17, 15) is 0 Å². The molecule has 1 fully saturated rings. The van der Waals surface area contributed by atoms with Crippen molar-refractivity contribution in [1.29, 1.82) is 0 Å². The van der Waals surface area contributed by atoms with E-state index in [-0.39, 0.29) is 5.79 Å². The second kappa shape index (κ2) is 2.27. The van der Waals surface area contributed by atoms with E-state index in [1.54, 1.807) is 0 Å². The second-order valence-corrected chi connectivity index (χ2v) is 2.89. The SMILES string of the molecule is [CH2]C1COC(C)(C)OC1. The first-order chi connectivity index (χ1) is 4.10. The second-order valence-electron chi connectivity index (χ2n) is 2.89. The van der Waals surface area contributed by atoms with Gasteiger partial charge in [0.2, 0.25) is 0 Å². The van der Waals surface area contributed by atoms with Gasteiger partial charge < -0.3 is 9.47 Å². The van der Waals surface area contributed by atoms with Crippen LogP contribution in [-0.2, 0) is 9.47 Å². The molecule has 1 heterocycles. The molecule has 2 heteroatoms. The monoisotopic (exact) mass is 129 g/mol. The summed E-state index contributed by atoms with van der Waals surface area (Å²) in [5.41, 5.74) is 0. The van der Waals surface area contributed by atoms with E-state index >= 15 is 0 Å². The highest BCUT2D eigenvalue weighted by molar-refractivity contribution is 4.68. The first kappa shape index (κ1) is 7.03. The van der Waals surface area contributed by atoms with E-state index in [4.69, 9.17) is 9.47 Å². The van der Waals surface area contributed by atoms with Crippen LogP contribution in [0.2, 0.25) is 0 Å². The Morgan fingerprint density at radius 3 is 2.11 bits per heavy atom. The van der Waals surface area contributed by atoms with Gasteiger partial charge in [0.1, 0.15) is 0 Å². The molecule has 0 N–H and O–H groups in total.